The predicted octanol–water partition coefficient (Wildman–Crippen LogP) is 9.75. The smallest absolute Gasteiger partial charge is 0.0543 e. The molecule has 0 N–H and O–H groups in total. The Hall–Kier alpha value is -4.10. The first-order valence-corrected chi connectivity index (χ1v) is 12.7. The summed E-state index contributed by atoms with van der Waals surface area (Å²) in [6.45, 7) is 9.20. The van der Waals surface area contributed by atoms with Crippen molar-refractivity contribution in [3.8, 4) is 22.3 Å². The van der Waals surface area contributed by atoms with Crippen LogP contribution in [0, 0.1) is 13.8 Å². The molecule has 36 heavy (non-hydrogen) atoms. The molecular weight excluding hydrogens is 434 g/mol. The molecule has 0 heterocycles. The first kappa shape index (κ1) is 22.4. The molecule has 5 aromatic carbocycles. The molecule has 0 aromatic heterocycles. The van der Waals surface area contributed by atoms with E-state index in [0.717, 1.165) is 11.4 Å². The van der Waals surface area contributed by atoms with E-state index in [2.05, 4.69) is 148 Å². The van der Waals surface area contributed by atoms with Gasteiger partial charge in [-0.05, 0) is 77.6 Å². The molecule has 1 nitrogen and oxygen atoms in total. The maximum Gasteiger partial charge on any atom is 0.0543 e. The number of fused-ring (bicyclic) bond motifs is 3. The van der Waals surface area contributed by atoms with Crippen LogP contribution in [0.25, 0.3) is 22.3 Å². The van der Waals surface area contributed by atoms with Crippen LogP contribution in [0.3, 0.4) is 0 Å². The van der Waals surface area contributed by atoms with Crippen molar-refractivity contribution in [1.82, 2.24) is 0 Å². The number of rotatable bonds is 4. The van der Waals surface area contributed by atoms with Crippen molar-refractivity contribution >= 4 is 17.1 Å². The second kappa shape index (κ2) is 8.53. The highest BCUT2D eigenvalue weighted by Gasteiger charge is 2.39. The lowest BCUT2D eigenvalue weighted by molar-refractivity contribution is 0.655. The molecule has 0 saturated carbocycles. The minimum absolute atomic E-state index is 0.0437. The SMILES string of the molecule is Cc1cc(C)c2c(c1)-c1c(N(c3ccccc3)c3ccc(-c4ccccc4)cc3)cccc1C2(C)C. The van der Waals surface area contributed by atoms with E-state index in [1.165, 1.54) is 50.2 Å². The molecule has 0 spiro atoms. The Morgan fingerprint density at radius 1 is 0.583 bits per heavy atom. The minimum Gasteiger partial charge on any atom is -0.310 e. The van der Waals surface area contributed by atoms with Gasteiger partial charge in [-0.25, -0.2) is 0 Å². The summed E-state index contributed by atoms with van der Waals surface area (Å²) in [5.41, 5.74) is 14.2. The molecule has 0 radical (unpaired) electrons. The molecule has 1 heteroatoms. The van der Waals surface area contributed by atoms with Gasteiger partial charge in [0.05, 0.1) is 5.69 Å². The highest BCUT2D eigenvalue weighted by Crippen LogP contribution is 2.55. The van der Waals surface area contributed by atoms with Crippen molar-refractivity contribution in [2.45, 2.75) is 33.1 Å². The fourth-order valence-corrected chi connectivity index (χ4v) is 6.10. The summed E-state index contributed by atoms with van der Waals surface area (Å²) in [6.07, 6.45) is 0. The largest absolute Gasteiger partial charge is 0.310 e. The summed E-state index contributed by atoms with van der Waals surface area (Å²) in [5, 5.41) is 0. The van der Waals surface area contributed by atoms with Gasteiger partial charge in [0.25, 0.3) is 0 Å². The zero-order chi connectivity index (χ0) is 24.9. The molecule has 0 fully saturated rings. The lowest BCUT2D eigenvalue weighted by Crippen LogP contribution is -2.17. The fourth-order valence-electron chi connectivity index (χ4n) is 6.10. The van der Waals surface area contributed by atoms with Crippen LogP contribution in [-0.2, 0) is 5.41 Å². The molecule has 1 aliphatic rings. The third-order valence-electron chi connectivity index (χ3n) is 7.58. The maximum atomic E-state index is 2.41. The van der Waals surface area contributed by atoms with E-state index in [4.69, 9.17) is 0 Å². The highest BCUT2D eigenvalue weighted by atomic mass is 15.1. The summed E-state index contributed by atoms with van der Waals surface area (Å²) >= 11 is 0. The second-order valence-electron chi connectivity index (χ2n) is 10.4. The number of hydrogen-bond acceptors (Lipinski definition) is 1. The number of anilines is 3. The zero-order valence-corrected chi connectivity index (χ0v) is 21.4. The van der Waals surface area contributed by atoms with Gasteiger partial charge in [0, 0.05) is 22.4 Å². The average Bonchev–Trinajstić information content (AvgIpc) is 3.13. The Morgan fingerprint density at radius 2 is 1.19 bits per heavy atom. The Bertz CT molecular complexity index is 1540. The van der Waals surface area contributed by atoms with Crippen LogP contribution in [0.1, 0.15) is 36.1 Å². The lowest BCUT2D eigenvalue weighted by Gasteiger charge is -2.29. The molecule has 0 unspecified atom stereocenters. The van der Waals surface area contributed by atoms with Crippen LogP contribution in [0.2, 0.25) is 0 Å². The number of para-hydroxylation sites is 1. The Labute approximate surface area is 214 Å². The molecule has 6 rings (SSSR count). The van der Waals surface area contributed by atoms with E-state index < -0.39 is 0 Å². The summed E-state index contributed by atoms with van der Waals surface area (Å²) < 4.78 is 0. The van der Waals surface area contributed by atoms with Crippen molar-refractivity contribution in [3.05, 3.63) is 138 Å². The highest BCUT2D eigenvalue weighted by molar-refractivity contribution is 5.95. The quantitative estimate of drug-likeness (QED) is 0.255. The molecule has 176 valence electrons. The van der Waals surface area contributed by atoms with Gasteiger partial charge in [0.2, 0.25) is 0 Å². The first-order valence-electron chi connectivity index (χ1n) is 12.7. The van der Waals surface area contributed by atoms with Gasteiger partial charge in [-0.2, -0.15) is 0 Å². The minimum atomic E-state index is -0.0437. The van der Waals surface area contributed by atoms with Crippen molar-refractivity contribution < 1.29 is 0 Å². The van der Waals surface area contributed by atoms with Gasteiger partial charge < -0.3 is 4.90 Å². The third kappa shape index (κ3) is 3.55. The van der Waals surface area contributed by atoms with Crippen molar-refractivity contribution in [1.29, 1.82) is 0 Å². The number of aryl methyl sites for hydroxylation is 2. The summed E-state index contributed by atoms with van der Waals surface area (Å²) in [7, 11) is 0. The fraction of sp³-hybridized carbons (Fsp3) is 0.143. The Morgan fingerprint density at radius 3 is 1.89 bits per heavy atom. The van der Waals surface area contributed by atoms with Gasteiger partial charge >= 0.3 is 0 Å². The van der Waals surface area contributed by atoms with E-state index in [1.54, 1.807) is 0 Å². The van der Waals surface area contributed by atoms with E-state index in [-0.39, 0.29) is 5.41 Å². The maximum absolute atomic E-state index is 2.41. The summed E-state index contributed by atoms with van der Waals surface area (Å²) in [5.74, 6) is 0. The van der Waals surface area contributed by atoms with Gasteiger partial charge in [-0.15, -0.1) is 0 Å². The Kier molecular flexibility index (Phi) is 5.30. The summed E-state index contributed by atoms with van der Waals surface area (Å²) in [4.78, 5) is 2.41. The number of hydrogen-bond donors (Lipinski definition) is 0. The second-order valence-corrected chi connectivity index (χ2v) is 10.4. The first-order chi connectivity index (χ1) is 17.4. The average molecular weight is 466 g/mol. The zero-order valence-electron chi connectivity index (χ0n) is 21.4. The molecule has 0 aliphatic heterocycles. The molecule has 0 atom stereocenters. The third-order valence-corrected chi connectivity index (χ3v) is 7.58. The van der Waals surface area contributed by atoms with Crippen LogP contribution in [0.4, 0.5) is 17.1 Å². The van der Waals surface area contributed by atoms with Crippen LogP contribution < -0.4 is 4.90 Å². The molecular formula is C35H31N. The van der Waals surface area contributed by atoms with Crippen LogP contribution in [0.5, 0.6) is 0 Å². The van der Waals surface area contributed by atoms with Gasteiger partial charge in [-0.1, -0.05) is 104 Å². The van der Waals surface area contributed by atoms with Crippen molar-refractivity contribution in [2.24, 2.45) is 0 Å². The molecule has 1 aliphatic carbocycles. The molecule has 0 bridgehead atoms. The van der Waals surface area contributed by atoms with E-state index in [9.17, 15) is 0 Å². The number of nitrogens with zero attached hydrogens (tertiary/aromatic N) is 1. The van der Waals surface area contributed by atoms with E-state index >= 15 is 0 Å². The lowest BCUT2D eigenvalue weighted by atomic mass is 9.80. The topological polar surface area (TPSA) is 3.24 Å². The number of benzene rings is 5. The monoisotopic (exact) mass is 465 g/mol. The van der Waals surface area contributed by atoms with Crippen LogP contribution >= 0.6 is 0 Å². The van der Waals surface area contributed by atoms with Crippen molar-refractivity contribution in [3.63, 3.8) is 0 Å². The van der Waals surface area contributed by atoms with Crippen molar-refractivity contribution in [2.75, 3.05) is 4.90 Å². The van der Waals surface area contributed by atoms with Gasteiger partial charge in [0.1, 0.15) is 0 Å². The molecule has 0 saturated heterocycles. The predicted molar refractivity (Wildman–Crippen MR) is 154 cm³/mol. The van der Waals surface area contributed by atoms with Gasteiger partial charge in [-0.3, -0.25) is 0 Å². The standard InChI is InChI=1S/C35H31N/c1-24-22-25(2)34-30(23-24)33-31(35(34,3)4)16-11-17-32(33)36(28-14-9-6-10-15-28)29-20-18-27(19-21-29)26-12-7-5-8-13-26/h5-23H,1-4H3. The van der Waals surface area contributed by atoms with Crippen LogP contribution in [0.15, 0.2) is 115 Å². The van der Waals surface area contributed by atoms with Gasteiger partial charge in [0.15, 0.2) is 0 Å². The Balaban J connectivity index is 1.58. The van der Waals surface area contributed by atoms with E-state index in [1.807, 2.05) is 0 Å². The van der Waals surface area contributed by atoms with Crippen LogP contribution in [-0.4, -0.2) is 0 Å². The molecule has 0 amide bonds. The summed E-state index contributed by atoms with van der Waals surface area (Å²) in [6, 6.07) is 41.8. The van der Waals surface area contributed by atoms with E-state index in [0.29, 0.717) is 0 Å². The normalized spacial score (nSPS) is 13.2. The molecule has 5 aromatic rings.